The van der Waals surface area contributed by atoms with Gasteiger partial charge in [0.25, 0.3) is 0 Å². The number of carboxylic acids is 1. The lowest BCUT2D eigenvalue weighted by Gasteiger charge is -2.37. The number of likely N-dealkylation sites (tertiary alicyclic amines) is 1. The Labute approximate surface area is 313 Å². The van der Waals surface area contributed by atoms with Gasteiger partial charge in [0.15, 0.2) is 0 Å². The van der Waals surface area contributed by atoms with Crippen molar-refractivity contribution in [2.75, 3.05) is 13.2 Å². The molecule has 1 aliphatic heterocycles. The van der Waals surface area contributed by atoms with Gasteiger partial charge in [-0.05, 0) is 51.8 Å². The summed E-state index contributed by atoms with van der Waals surface area (Å²) in [5.41, 5.74) is 7.12. The molecule has 0 unspecified atom stereocenters. The van der Waals surface area contributed by atoms with Gasteiger partial charge in [-0.2, -0.15) is 0 Å². The van der Waals surface area contributed by atoms with Gasteiger partial charge < -0.3 is 24.6 Å². The maximum Gasteiger partial charge on any atom is 0.407 e. The third-order valence-electron chi connectivity index (χ3n) is 10.8. The van der Waals surface area contributed by atoms with Crippen LogP contribution in [0.4, 0.5) is 4.79 Å². The molecule has 2 aliphatic rings. The lowest BCUT2D eigenvalue weighted by molar-refractivity contribution is -0.149. The van der Waals surface area contributed by atoms with E-state index in [1.54, 1.807) is 6.33 Å². The Hall–Kier alpha value is -6.48. The number of imidazole rings is 1. The maximum atomic E-state index is 14.2. The van der Waals surface area contributed by atoms with Gasteiger partial charge in [-0.15, -0.1) is 0 Å². The molecule has 1 aliphatic carbocycles. The zero-order valence-electron chi connectivity index (χ0n) is 29.6. The van der Waals surface area contributed by atoms with Crippen LogP contribution < -0.4 is 5.32 Å². The van der Waals surface area contributed by atoms with Crippen LogP contribution in [0.15, 0.2) is 152 Å². The highest BCUT2D eigenvalue weighted by Crippen LogP contribution is 2.45. The molecule has 2 N–H and O–H groups in total. The van der Waals surface area contributed by atoms with E-state index in [9.17, 15) is 19.5 Å². The number of nitrogens with zero attached hydrogens (tertiary/aromatic N) is 3. The van der Waals surface area contributed by atoms with Crippen LogP contribution in [0.25, 0.3) is 11.1 Å². The second-order valence-corrected chi connectivity index (χ2v) is 13.8. The first-order valence-electron chi connectivity index (χ1n) is 18.3. The Morgan fingerprint density at radius 2 is 1.28 bits per heavy atom. The molecule has 270 valence electrons. The molecular formula is C45H40N4O5. The van der Waals surface area contributed by atoms with Crippen molar-refractivity contribution < 1.29 is 24.2 Å². The number of ether oxygens (including phenoxy) is 1. The molecule has 1 fully saturated rings. The van der Waals surface area contributed by atoms with E-state index in [0.29, 0.717) is 18.5 Å². The third-order valence-corrected chi connectivity index (χ3v) is 10.8. The minimum absolute atomic E-state index is 0.0211. The van der Waals surface area contributed by atoms with E-state index >= 15 is 0 Å². The molecule has 54 heavy (non-hydrogen) atoms. The van der Waals surface area contributed by atoms with Crippen LogP contribution in [0.3, 0.4) is 0 Å². The Morgan fingerprint density at radius 3 is 1.81 bits per heavy atom. The van der Waals surface area contributed by atoms with Crippen LogP contribution in [0.2, 0.25) is 0 Å². The van der Waals surface area contributed by atoms with Crippen molar-refractivity contribution in [3.63, 3.8) is 0 Å². The summed E-state index contributed by atoms with van der Waals surface area (Å²) in [6, 6.07) is 44.6. The van der Waals surface area contributed by atoms with Gasteiger partial charge in [-0.1, -0.05) is 140 Å². The Balaban J connectivity index is 1.11. The number of rotatable bonds is 11. The molecule has 0 spiro atoms. The molecular weight excluding hydrogens is 677 g/mol. The van der Waals surface area contributed by atoms with E-state index < -0.39 is 35.6 Å². The van der Waals surface area contributed by atoms with Crippen molar-refractivity contribution >= 4 is 18.0 Å². The number of benzene rings is 5. The predicted molar refractivity (Wildman–Crippen MR) is 205 cm³/mol. The van der Waals surface area contributed by atoms with Crippen LogP contribution in [0, 0.1) is 0 Å². The first kappa shape index (κ1) is 34.6. The predicted octanol–water partition coefficient (Wildman–Crippen LogP) is 7.25. The molecule has 6 aromatic rings. The van der Waals surface area contributed by atoms with Crippen molar-refractivity contribution in [1.29, 1.82) is 0 Å². The van der Waals surface area contributed by atoms with Gasteiger partial charge in [0.1, 0.15) is 24.2 Å². The molecule has 9 heteroatoms. The lowest BCUT2D eigenvalue weighted by atomic mass is 9.77. The van der Waals surface area contributed by atoms with Crippen LogP contribution in [0.1, 0.15) is 52.3 Å². The average molecular weight is 717 g/mol. The standard InChI is InChI=1S/C45H40N4O5/c50-42(49-26-14-25-41(49)43(51)52)40(47-44(53)54-29-39-37-23-12-10-21-35(37)36-22-11-13-24-38(36)39)27-34-28-48(30-46-34)45(31-15-4-1-5-16-31,32-17-6-2-7-18-32)33-19-8-3-9-20-33/h1-13,15-24,28,30,39-41H,14,25-27,29H2,(H,47,53)(H,51,52)/t40-,41-/m0/s1. The number of alkyl carbamates (subject to hydrolysis) is 1. The third kappa shape index (κ3) is 6.32. The van der Waals surface area contributed by atoms with Crippen molar-refractivity contribution in [3.05, 3.63) is 186 Å². The van der Waals surface area contributed by atoms with E-state index in [1.807, 2.05) is 102 Å². The summed E-state index contributed by atoms with van der Waals surface area (Å²) in [5.74, 6) is -1.71. The Morgan fingerprint density at radius 1 is 0.759 bits per heavy atom. The fourth-order valence-corrected chi connectivity index (χ4v) is 8.32. The molecule has 0 bridgehead atoms. The van der Waals surface area contributed by atoms with Gasteiger partial charge in [-0.3, -0.25) is 4.79 Å². The summed E-state index contributed by atoms with van der Waals surface area (Å²) in [7, 11) is 0. The van der Waals surface area contributed by atoms with E-state index in [0.717, 1.165) is 38.9 Å². The van der Waals surface area contributed by atoms with Gasteiger partial charge in [0.05, 0.1) is 12.0 Å². The molecule has 0 saturated carbocycles. The van der Waals surface area contributed by atoms with E-state index in [4.69, 9.17) is 9.72 Å². The SMILES string of the molecule is O=C(N[C@@H](Cc1cn(C(c2ccccc2)(c2ccccc2)c2ccccc2)cn1)C(=O)N1CCC[C@H]1C(=O)O)OCC1c2ccccc2-c2ccccc21. The monoisotopic (exact) mass is 716 g/mol. The summed E-state index contributed by atoms with van der Waals surface area (Å²) in [5, 5.41) is 12.8. The molecule has 0 radical (unpaired) electrons. The topological polar surface area (TPSA) is 114 Å². The van der Waals surface area contributed by atoms with Crippen LogP contribution in [0.5, 0.6) is 0 Å². The summed E-state index contributed by atoms with van der Waals surface area (Å²) < 4.78 is 7.91. The highest BCUT2D eigenvalue weighted by atomic mass is 16.5. The second-order valence-electron chi connectivity index (χ2n) is 13.8. The molecule has 8 rings (SSSR count). The minimum Gasteiger partial charge on any atom is -0.480 e. The zero-order chi connectivity index (χ0) is 37.1. The largest absolute Gasteiger partial charge is 0.480 e. The molecule has 5 aromatic carbocycles. The quantitative estimate of drug-likeness (QED) is 0.137. The number of carbonyl (C=O) groups excluding carboxylic acids is 2. The number of carboxylic acid groups (broad SMARTS) is 1. The molecule has 1 saturated heterocycles. The van der Waals surface area contributed by atoms with E-state index in [2.05, 4.69) is 53.8 Å². The number of hydrogen-bond acceptors (Lipinski definition) is 5. The second kappa shape index (κ2) is 14.9. The fraction of sp³-hybridized carbons (Fsp3) is 0.200. The Bertz CT molecular complexity index is 2130. The van der Waals surface area contributed by atoms with Gasteiger partial charge in [0.2, 0.25) is 5.91 Å². The van der Waals surface area contributed by atoms with Gasteiger partial charge in [-0.25, -0.2) is 14.6 Å². The number of amides is 2. The number of aliphatic carboxylic acids is 1. The summed E-state index contributed by atoms with van der Waals surface area (Å²) in [4.78, 5) is 46.2. The minimum atomic E-state index is -1.12. The number of aromatic nitrogens is 2. The summed E-state index contributed by atoms with van der Waals surface area (Å²) in [6.45, 7) is 0.358. The molecule has 2 heterocycles. The van der Waals surface area contributed by atoms with Crippen LogP contribution in [-0.2, 0) is 26.3 Å². The number of nitrogens with one attached hydrogen (secondary N) is 1. The zero-order valence-corrected chi connectivity index (χ0v) is 29.6. The van der Waals surface area contributed by atoms with E-state index in [-0.39, 0.29) is 25.5 Å². The number of hydrogen-bond donors (Lipinski definition) is 2. The van der Waals surface area contributed by atoms with Crippen molar-refractivity contribution in [2.45, 2.75) is 42.8 Å². The normalized spacial score (nSPS) is 15.6. The smallest absolute Gasteiger partial charge is 0.407 e. The number of carbonyl (C=O) groups is 3. The summed E-state index contributed by atoms with van der Waals surface area (Å²) in [6.07, 6.45) is 3.84. The highest BCUT2D eigenvalue weighted by Gasteiger charge is 2.41. The van der Waals surface area contributed by atoms with Crippen LogP contribution in [-0.4, -0.2) is 62.8 Å². The lowest BCUT2D eigenvalue weighted by Crippen LogP contribution is -2.52. The average Bonchev–Trinajstić information content (AvgIpc) is 3.97. The van der Waals surface area contributed by atoms with Crippen molar-refractivity contribution in [1.82, 2.24) is 19.8 Å². The number of fused-ring (bicyclic) bond motifs is 3. The van der Waals surface area contributed by atoms with Gasteiger partial charge in [0, 0.05) is 25.1 Å². The maximum absolute atomic E-state index is 14.2. The first-order valence-corrected chi connectivity index (χ1v) is 18.3. The van der Waals surface area contributed by atoms with E-state index in [1.165, 1.54) is 4.90 Å². The fourth-order valence-electron chi connectivity index (χ4n) is 8.32. The molecule has 1 aromatic heterocycles. The first-order chi connectivity index (χ1) is 26.4. The van der Waals surface area contributed by atoms with Crippen molar-refractivity contribution in [3.8, 4) is 11.1 Å². The molecule has 9 nitrogen and oxygen atoms in total. The molecule has 2 atom stereocenters. The summed E-state index contributed by atoms with van der Waals surface area (Å²) >= 11 is 0. The van der Waals surface area contributed by atoms with Crippen molar-refractivity contribution in [2.24, 2.45) is 0 Å². The van der Waals surface area contributed by atoms with Crippen LogP contribution >= 0.6 is 0 Å². The molecule has 2 amide bonds. The Kier molecular flexibility index (Phi) is 9.53. The van der Waals surface area contributed by atoms with Gasteiger partial charge >= 0.3 is 12.1 Å². The highest BCUT2D eigenvalue weighted by molar-refractivity contribution is 5.90.